The van der Waals surface area contributed by atoms with E-state index in [4.69, 9.17) is 11.6 Å². The fraction of sp³-hybridized carbons (Fsp3) is 0.400. The number of nitrogens with one attached hydrogen (secondary N) is 1. The zero-order chi connectivity index (χ0) is 13.7. The van der Waals surface area contributed by atoms with Gasteiger partial charge in [-0.15, -0.1) is 0 Å². The lowest BCUT2D eigenvalue weighted by atomic mass is 10.1. The van der Waals surface area contributed by atoms with Gasteiger partial charge in [-0.25, -0.2) is 4.98 Å². The van der Waals surface area contributed by atoms with Crippen LogP contribution in [-0.2, 0) is 13.0 Å². The van der Waals surface area contributed by atoms with Crippen LogP contribution in [0.4, 0.5) is 0 Å². The number of likely N-dealkylation sites (N-methyl/N-ethyl adjacent to an activating group) is 1. The third-order valence-electron chi connectivity index (χ3n) is 3.20. The molecule has 0 spiro atoms. The summed E-state index contributed by atoms with van der Waals surface area (Å²) in [5.41, 5.74) is 1.26. The van der Waals surface area contributed by atoms with E-state index in [2.05, 4.69) is 40.8 Å². The molecule has 2 rings (SSSR count). The highest BCUT2D eigenvalue weighted by Gasteiger charge is 2.16. The standard InChI is InChI=1S/C15H20ClN3/c1-3-17-14(15-18-9-10-19(15)4-2)11-12-5-7-13(16)8-6-12/h5-10,14,17H,3-4,11H2,1-2H3. The van der Waals surface area contributed by atoms with Crippen LogP contribution in [0.15, 0.2) is 36.7 Å². The summed E-state index contributed by atoms with van der Waals surface area (Å²) in [5, 5.41) is 4.28. The maximum Gasteiger partial charge on any atom is 0.126 e. The molecule has 0 aliphatic heterocycles. The van der Waals surface area contributed by atoms with Crippen LogP contribution in [0.2, 0.25) is 5.02 Å². The van der Waals surface area contributed by atoms with E-state index in [-0.39, 0.29) is 6.04 Å². The third-order valence-corrected chi connectivity index (χ3v) is 3.46. The Morgan fingerprint density at radius 1 is 1.26 bits per heavy atom. The Morgan fingerprint density at radius 2 is 2.00 bits per heavy atom. The normalized spacial score (nSPS) is 12.6. The number of imidazole rings is 1. The number of nitrogens with zero attached hydrogens (tertiary/aromatic N) is 2. The topological polar surface area (TPSA) is 29.9 Å². The maximum absolute atomic E-state index is 5.92. The zero-order valence-corrected chi connectivity index (χ0v) is 12.2. The molecule has 1 heterocycles. The Hall–Kier alpha value is -1.32. The number of rotatable bonds is 6. The minimum absolute atomic E-state index is 0.237. The van der Waals surface area contributed by atoms with Crippen molar-refractivity contribution in [2.75, 3.05) is 6.54 Å². The van der Waals surface area contributed by atoms with E-state index in [1.807, 2.05) is 24.5 Å². The van der Waals surface area contributed by atoms with E-state index in [9.17, 15) is 0 Å². The van der Waals surface area contributed by atoms with Crippen molar-refractivity contribution in [3.8, 4) is 0 Å². The van der Waals surface area contributed by atoms with Gasteiger partial charge in [-0.05, 0) is 37.6 Å². The molecule has 0 radical (unpaired) electrons. The van der Waals surface area contributed by atoms with E-state index < -0.39 is 0 Å². The van der Waals surface area contributed by atoms with Crippen LogP contribution >= 0.6 is 11.6 Å². The van der Waals surface area contributed by atoms with Crippen LogP contribution in [-0.4, -0.2) is 16.1 Å². The Kier molecular flexibility index (Phi) is 5.00. The van der Waals surface area contributed by atoms with Gasteiger partial charge < -0.3 is 9.88 Å². The average molecular weight is 278 g/mol. The molecular formula is C15H20ClN3. The first-order valence-electron chi connectivity index (χ1n) is 6.73. The highest BCUT2D eigenvalue weighted by molar-refractivity contribution is 6.30. The number of benzene rings is 1. The van der Waals surface area contributed by atoms with Crippen molar-refractivity contribution in [3.63, 3.8) is 0 Å². The predicted octanol–water partition coefficient (Wildman–Crippen LogP) is 3.45. The molecule has 0 saturated carbocycles. The number of hydrogen-bond acceptors (Lipinski definition) is 2. The number of aryl methyl sites for hydroxylation is 1. The SMILES string of the molecule is CCNC(Cc1ccc(Cl)cc1)c1nccn1CC. The highest BCUT2D eigenvalue weighted by Crippen LogP contribution is 2.19. The average Bonchev–Trinajstić information content (AvgIpc) is 2.89. The molecule has 102 valence electrons. The summed E-state index contributed by atoms with van der Waals surface area (Å²) in [4.78, 5) is 4.49. The molecule has 0 amide bonds. The molecular weight excluding hydrogens is 258 g/mol. The number of halogens is 1. The summed E-state index contributed by atoms with van der Waals surface area (Å²) in [6, 6.07) is 8.26. The Balaban J connectivity index is 2.18. The fourth-order valence-corrected chi connectivity index (χ4v) is 2.38. The molecule has 1 aromatic heterocycles. The van der Waals surface area contributed by atoms with E-state index in [1.54, 1.807) is 0 Å². The summed E-state index contributed by atoms with van der Waals surface area (Å²) < 4.78 is 2.18. The van der Waals surface area contributed by atoms with Gasteiger partial charge in [-0.1, -0.05) is 30.7 Å². The molecule has 0 aliphatic rings. The summed E-state index contributed by atoms with van der Waals surface area (Å²) in [7, 11) is 0. The second-order valence-electron chi connectivity index (χ2n) is 4.51. The zero-order valence-electron chi connectivity index (χ0n) is 11.4. The first-order valence-corrected chi connectivity index (χ1v) is 7.11. The van der Waals surface area contributed by atoms with Crippen molar-refractivity contribution in [2.45, 2.75) is 32.9 Å². The second-order valence-corrected chi connectivity index (χ2v) is 4.95. The Morgan fingerprint density at radius 3 is 2.63 bits per heavy atom. The lowest BCUT2D eigenvalue weighted by molar-refractivity contribution is 0.495. The van der Waals surface area contributed by atoms with Gasteiger partial charge in [0.15, 0.2) is 0 Å². The minimum atomic E-state index is 0.237. The van der Waals surface area contributed by atoms with Gasteiger partial charge in [-0.3, -0.25) is 0 Å². The molecule has 0 saturated heterocycles. The van der Waals surface area contributed by atoms with Crippen LogP contribution in [0.5, 0.6) is 0 Å². The van der Waals surface area contributed by atoms with Crippen LogP contribution in [0.1, 0.15) is 31.3 Å². The molecule has 2 aromatic rings. The first kappa shape index (κ1) is 14.1. The molecule has 0 fully saturated rings. The van der Waals surface area contributed by atoms with Gasteiger partial charge in [0.05, 0.1) is 6.04 Å². The van der Waals surface area contributed by atoms with E-state index in [0.717, 1.165) is 30.4 Å². The van der Waals surface area contributed by atoms with Crippen molar-refractivity contribution in [2.24, 2.45) is 0 Å². The highest BCUT2D eigenvalue weighted by atomic mass is 35.5. The monoisotopic (exact) mass is 277 g/mol. The second kappa shape index (κ2) is 6.73. The van der Waals surface area contributed by atoms with Gasteiger partial charge >= 0.3 is 0 Å². The third kappa shape index (κ3) is 3.58. The molecule has 0 aliphatic carbocycles. The number of aromatic nitrogens is 2. The first-order chi connectivity index (χ1) is 9.24. The molecule has 19 heavy (non-hydrogen) atoms. The summed E-state index contributed by atoms with van der Waals surface area (Å²) in [6.45, 7) is 6.12. The van der Waals surface area contributed by atoms with Gasteiger partial charge in [0.1, 0.15) is 5.82 Å². The smallest absolute Gasteiger partial charge is 0.126 e. The van der Waals surface area contributed by atoms with Crippen molar-refractivity contribution in [3.05, 3.63) is 53.1 Å². The molecule has 1 N–H and O–H groups in total. The minimum Gasteiger partial charge on any atom is -0.334 e. The number of hydrogen-bond donors (Lipinski definition) is 1. The molecule has 1 aromatic carbocycles. The van der Waals surface area contributed by atoms with Crippen molar-refractivity contribution < 1.29 is 0 Å². The van der Waals surface area contributed by atoms with Crippen molar-refractivity contribution >= 4 is 11.6 Å². The summed E-state index contributed by atoms with van der Waals surface area (Å²) in [6.07, 6.45) is 4.81. The predicted molar refractivity (Wildman–Crippen MR) is 79.5 cm³/mol. The van der Waals surface area contributed by atoms with Crippen LogP contribution in [0.3, 0.4) is 0 Å². The lowest BCUT2D eigenvalue weighted by Gasteiger charge is -2.18. The van der Waals surface area contributed by atoms with Gasteiger partial charge in [0, 0.05) is 24.0 Å². The molecule has 1 atom stereocenters. The van der Waals surface area contributed by atoms with E-state index in [1.165, 1.54) is 5.56 Å². The van der Waals surface area contributed by atoms with Gasteiger partial charge in [-0.2, -0.15) is 0 Å². The fourth-order valence-electron chi connectivity index (χ4n) is 2.26. The molecule has 4 heteroatoms. The van der Waals surface area contributed by atoms with Crippen LogP contribution < -0.4 is 5.32 Å². The van der Waals surface area contributed by atoms with Crippen LogP contribution in [0, 0.1) is 0 Å². The van der Waals surface area contributed by atoms with Gasteiger partial charge in [0.25, 0.3) is 0 Å². The summed E-state index contributed by atoms with van der Waals surface area (Å²) >= 11 is 5.92. The Bertz CT molecular complexity index is 504. The largest absolute Gasteiger partial charge is 0.334 e. The molecule has 0 bridgehead atoms. The molecule has 3 nitrogen and oxygen atoms in total. The summed E-state index contributed by atoms with van der Waals surface area (Å²) in [5.74, 6) is 1.10. The molecule has 1 unspecified atom stereocenters. The van der Waals surface area contributed by atoms with E-state index >= 15 is 0 Å². The lowest BCUT2D eigenvalue weighted by Crippen LogP contribution is -2.26. The van der Waals surface area contributed by atoms with Crippen molar-refractivity contribution in [1.29, 1.82) is 0 Å². The Labute approximate surface area is 119 Å². The van der Waals surface area contributed by atoms with Gasteiger partial charge in [0.2, 0.25) is 0 Å². The van der Waals surface area contributed by atoms with Crippen molar-refractivity contribution in [1.82, 2.24) is 14.9 Å². The maximum atomic E-state index is 5.92. The quantitative estimate of drug-likeness (QED) is 0.876. The van der Waals surface area contributed by atoms with E-state index in [0.29, 0.717) is 0 Å². The van der Waals surface area contributed by atoms with Crippen LogP contribution in [0.25, 0.3) is 0 Å².